The van der Waals surface area contributed by atoms with E-state index < -0.39 is 45.6 Å². The normalized spacial score (nSPS) is 33.0. The molecule has 0 aromatic heterocycles. The summed E-state index contributed by atoms with van der Waals surface area (Å²) in [4.78, 5) is 40.6. The lowest BCUT2D eigenvalue weighted by Crippen LogP contribution is -2.65. The molecule has 1 heterocycles. The fraction of sp³-hybridized carbons (Fsp3) is 0.500. The zero-order chi connectivity index (χ0) is 25.3. The van der Waals surface area contributed by atoms with Crippen LogP contribution < -0.4 is 5.32 Å². The second-order valence-electron chi connectivity index (χ2n) is 10.4. The van der Waals surface area contributed by atoms with Gasteiger partial charge in [0, 0.05) is 30.0 Å². The monoisotopic (exact) mass is 482 g/mol. The SMILES string of the molecule is CNC[C@]12CC(O)=C(C=O)C(=O)[C@@]1(O)C(O)=C1C(=O)c3c(O)cc(C4CCCN4C)cc3CC1C2. The molecule has 2 unspecified atom stereocenters. The summed E-state index contributed by atoms with van der Waals surface area (Å²) >= 11 is 0. The molecule has 1 fully saturated rings. The number of phenolic OH excluding ortho intramolecular Hbond substituents is 1. The maximum Gasteiger partial charge on any atom is 0.209 e. The van der Waals surface area contributed by atoms with E-state index >= 15 is 0 Å². The summed E-state index contributed by atoms with van der Waals surface area (Å²) in [7, 11) is 3.64. The summed E-state index contributed by atoms with van der Waals surface area (Å²) in [6.45, 7) is 1.00. The number of allylic oxidation sites excluding steroid dienone is 2. The first-order chi connectivity index (χ1) is 16.6. The van der Waals surface area contributed by atoms with E-state index in [0.29, 0.717) is 12.0 Å². The molecule has 1 aromatic rings. The third-order valence-corrected chi connectivity index (χ3v) is 8.50. The number of nitrogens with zero attached hydrogens (tertiary/aromatic N) is 1. The molecule has 1 aromatic carbocycles. The van der Waals surface area contributed by atoms with Crippen molar-refractivity contribution in [1.29, 1.82) is 0 Å². The van der Waals surface area contributed by atoms with Crippen LogP contribution in [0.2, 0.25) is 0 Å². The summed E-state index contributed by atoms with van der Waals surface area (Å²) in [5.74, 6) is -3.73. The Hall–Kier alpha value is -3.01. The average molecular weight is 483 g/mol. The summed E-state index contributed by atoms with van der Waals surface area (Å²) < 4.78 is 0. The van der Waals surface area contributed by atoms with Crippen molar-refractivity contribution in [2.45, 2.75) is 43.7 Å². The highest BCUT2D eigenvalue weighted by Gasteiger charge is 2.66. The number of aliphatic hydroxyl groups excluding tert-OH is 2. The molecule has 0 saturated carbocycles. The van der Waals surface area contributed by atoms with Crippen LogP contribution in [0.15, 0.2) is 34.8 Å². The van der Waals surface area contributed by atoms with Crippen molar-refractivity contribution < 1.29 is 34.8 Å². The Balaban J connectivity index is 1.67. The van der Waals surface area contributed by atoms with E-state index in [4.69, 9.17) is 0 Å². The number of rotatable bonds is 4. The number of likely N-dealkylation sites (tertiary alicyclic amines) is 1. The fourth-order valence-electron chi connectivity index (χ4n) is 6.90. The molecule has 0 amide bonds. The number of aliphatic hydroxyl groups is 3. The number of hydrogen-bond acceptors (Lipinski definition) is 9. The van der Waals surface area contributed by atoms with Crippen LogP contribution in [0.5, 0.6) is 5.75 Å². The maximum absolute atomic E-state index is 13.6. The van der Waals surface area contributed by atoms with Gasteiger partial charge in [0.25, 0.3) is 0 Å². The molecule has 1 aliphatic heterocycles. The molecule has 5 N–H and O–H groups in total. The van der Waals surface area contributed by atoms with Gasteiger partial charge in [0.15, 0.2) is 17.7 Å². The van der Waals surface area contributed by atoms with E-state index in [1.807, 2.05) is 13.1 Å². The van der Waals surface area contributed by atoms with Crippen LogP contribution in [0.3, 0.4) is 0 Å². The standard InChI is InChI=1S/C26H30N2O7/c1-27-12-25-9-15-7-14-6-13(17-4-3-5-28(17)2)8-18(30)20(14)22(32)21(15)24(34)26(25,35)23(33)16(11-29)19(31)10-25/h6,8,11,15,17,27,30-31,34-35H,3-5,7,9-10,12H2,1-2H3/t15?,17?,25-,26+/m0/s1. The third kappa shape index (κ3) is 3.08. The van der Waals surface area contributed by atoms with Gasteiger partial charge in [-0.3, -0.25) is 19.3 Å². The number of hydrogen-bond donors (Lipinski definition) is 5. The van der Waals surface area contributed by atoms with E-state index in [2.05, 4.69) is 10.2 Å². The number of phenols is 1. The van der Waals surface area contributed by atoms with Crippen LogP contribution in [0.25, 0.3) is 0 Å². The lowest BCUT2D eigenvalue weighted by atomic mass is 9.52. The number of carbonyl (C=O) groups excluding carboxylic acids is 3. The zero-order valence-corrected chi connectivity index (χ0v) is 19.8. The van der Waals surface area contributed by atoms with Crippen LogP contribution in [-0.4, -0.2) is 76.0 Å². The van der Waals surface area contributed by atoms with Crippen LogP contribution in [-0.2, 0) is 16.0 Å². The van der Waals surface area contributed by atoms with Gasteiger partial charge in [-0.1, -0.05) is 6.07 Å². The average Bonchev–Trinajstić information content (AvgIpc) is 3.22. The summed E-state index contributed by atoms with van der Waals surface area (Å²) in [5, 5.41) is 47.3. The number of aromatic hydroxyl groups is 1. The molecular weight excluding hydrogens is 452 g/mol. The molecule has 9 heteroatoms. The zero-order valence-electron chi connectivity index (χ0n) is 19.8. The quantitative estimate of drug-likeness (QED) is 0.319. The van der Waals surface area contributed by atoms with E-state index in [0.717, 1.165) is 24.9 Å². The smallest absolute Gasteiger partial charge is 0.209 e. The molecular formula is C26H30N2O7. The first kappa shape index (κ1) is 23.7. The topological polar surface area (TPSA) is 147 Å². The van der Waals surface area contributed by atoms with Crippen molar-refractivity contribution in [3.8, 4) is 5.75 Å². The highest BCUT2D eigenvalue weighted by atomic mass is 16.3. The highest BCUT2D eigenvalue weighted by Crippen LogP contribution is 2.57. The first-order valence-electron chi connectivity index (χ1n) is 11.9. The Labute approximate surface area is 202 Å². The minimum atomic E-state index is -2.56. The highest BCUT2D eigenvalue weighted by molar-refractivity contribution is 6.20. The summed E-state index contributed by atoms with van der Waals surface area (Å²) in [5.41, 5.74) is -3.00. The lowest BCUT2D eigenvalue weighted by molar-refractivity contribution is -0.157. The molecule has 4 aliphatic rings. The van der Waals surface area contributed by atoms with Crippen molar-refractivity contribution in [2.75, 3.05) is 27.2 Å². The van der Waals surface area contributed by atoms with Crippen molar-refractivity contribution in [3.63, 3.8) is 0 Å². The Morgan fingerprint density at radius 3 is 2.60 bits per heavy atom. The fourth-order valence-corrected chi connectivity index (χ4v) is 6.90. The van der Waals surface area contributed by atoms with Gasteiger partial charge in [0.05, 0.1) is 11.1 Å². The van der Waals surface area contributed by atoms with Crippen LogP contribution in [0, 0.1) is 11.3 Å². The van der Waals surface area contributed by atoms with E-state index in [1.165, 1.54) is 0 Å². The Morgan fingerprint density at radius 1 is 1.23 bits per heavy atom. The van der Waals surface area contributed by atoms with Gasteiger partial charge in [-0.05, 0) is 69.4 Å². The first-order valence-corrected chi connectivity index (χ1v) is 11.9. The van der Waals surface area contributed by atoms with Crippen LogP contribution in [0.4, 0.5) is 0 Å². The van der Waals surface area contributed by atoms with Gasteiger partial charge in [-0.2, -0.15) is 0 Å². The van der Waals surface area contributed by atoms with Crippen LogP contribution >= 0.6 is 0 Å². The van der Waals surface area contributed by atoms with Gasteiger partial charge in [-0.25, -0.2) is 0 Å². The van der Waals surface area contributed by atoms with Crippen molar-refractivity contribution in [1.82, 2.24) is 10.2 Å². The lowest BCUT2D eigenvalue weighted by Gasteiger charge is -2.53. The van der Waals surface area contributed by atoms with E-state index in [9.17, 15) is 34.8 Å². The largest absolute Gasteiger partial charge is 0.511 e. The molecule has 0 spiro atoms. The summed E-state index contributed by atoms with van der Waals surface area (Å²) in [6.07, 6.45) is 2.37. The minimum absolute atomic E-state index is 0.0541. The number of ketones is 2. The molecule has 1 saturated heterocycles. The maximum atomic E-state index is 13.6. The molecule has 0 radical (unpaired) electrons. The Morgan fingerprint density at radius 2 is 1.97 bits per heavy atom. The number of Topliss-reactive ketones (excluding diaryl/α,β-unsaturated/α-hetero) is 2. The second-order valence-corrected chi connectivity index (χ2v) is 10.4. The summed E-state index contributed by atoms with van der Waals surface area (Å²) in [6, 6.07) is 3.66. The number of fused-ring (bicyclic) bond motifs is 3. The van der Waals surface area contributed by atoms with Crippen molar-refractivity contribution in [3.05, 3.63) is 51.5 Å². The van der Waals surface area contributed by atoms with Gasteiger partial charge >= 0.3 is 0 Å². The number of nitrogens with one attached hydrogen (secondary N) is 1. The Bertz CT molecular complexity index is 1220. The molecule has 9 nitrogen and oxygen atoms in total. The Kier molecular flexibility index (Phi) is 5.43. The van der Waals surface area contributed by atoms with E-state index in [-0.39, 0.29) is 48.6 Å². The van der Waals surface area contributed by atoms with Gasteiger partial charge in [0.1, 0.15) is 17.3 Å². The molecule has 0 bridgehead atoms. The van der Waals surface area contributed by atoms with Crippen molar-refractivity contribution in [2.24, 2.45) is 11.3 Å². The molecule has 4 atom stereocenters. The van der Waals surface area contributed by atoms with Gasteiger partial charge in [0.2, 0.25) is 5.78 Å². The molecule has 186 valence electrons. The van der Waals surface area contributed by atoms with Gasteiger partial charge < -0.3 is 25.7 Å². The number of benzene rings is 1. The third-order valence-electron chi connectivity index (χ3n) is 8.50. The predicted molar refractivity (Wildman–Crippen MR) is 125 cm³/mol. The number of aldehydes is 1. The van der Waals surface area contributed by atoms with E-state index in [1.54, 1.807) is 13.1 Å². The number of carbonyl (C=O) groups is 3. The minimum Gasteiger partial charge on any atom is -0.511 e. The van der Waals surface area contributed by atoms with Gasteiger partial charge in [-0.15, -0.1) is 0 Å². The second kappa shape index (κ2) is 8.01. The van der Waals surface area contributed by atoms with Crippen molar-refractivity contribution >= 4 is 17.9 Å². The predicted octanol–water partition coefficient (Wildman–Crippen LogP) is 1.65. The van der Waals surface area contributed by atoms with Crippen LogP contribution in [0.1, 0.15) is 53.2 Å². The molecule has 35 heavy (non-hydrogen) atoms. The molecule has 5 rings (SSSR count). The molecule has 3 aliphatic carbocycles.